The van der Waals surface area contributed by atoms with Gasteiger partial charge >= 0.3 is 0 Å². The molecular weight excluding hydrogens is 631 g/mol. The number of benzene rings is 5. The van der Waals surface area contributed by atoms with Crippen molar-refractivity contribution in [3.63, 3.8) is 0 Å². The van der Waals surface area contributed by atoms with E-state index in [2.05, 4.69) is 173 Å². The van der Waals surface area contributed by atoms with E-state index in [0.29, 0.717) is 5.82 Å². The lowest BCUT2D eigenvalue weighted by Crippen LogP contribution is -2.04. The fourth-order valence-corrected chi connectivity index (χ4v) is 6.74. The topological polar surface area (TPSA) is 37.8 Å². The number of nitrogens with one attached hydrogen (secondary N) is 1. The summed E-state index contributed by atoms with van der Waals surface area (Å²) in [5, 5.41) is 3.39. The van der Waals surface area contributed by atoms with E-state index in [1.54, 1.807) is 0 Å². The maximum atomic E-state index is 5.24. The van der Waals surface area contributed by atoms with Crippen molar-refractivity contribution in [2.75, 3.05) is 7.05 Å². The highest BCUT2D eigenvalue weighted by Crippen LogP contribution is 2.40. The van der Waals surface area contributed by atoms with E-state index in [1.807, 2.05) is 25.3 Å². The Bertz CT molecular complexity index is 2200. The number of allylic oxidation sites excluding steroid dienone is 3. The molecule has 5 aromatic carbocycles. The van der Waals surface area contributed by atoms with Crippen molar-refractivity contribution in [3.8, 4) is 56.2 Å². The van der Waals surface area contributed by atoms with Crippen molar-refractivity contribution in [2.45, 2.75) is 40.5 Å². The Morgan fingerprint density at radius 1 is 0.654 bits per heavy atom. The number of hydrogen-bond donors (Lipinski definition) is 1. The Labute approximate surface area is 309 Å². The SMILES string of the molecule is C=Cc1cc(C)c(/C=C\C)c(-c2cc(-c3ccc(/C(=C/CCC)NC)cc3)cc(-c3nc(-c4ccccc4)cc(-c4ccccc4)n3)c2)c1/C=C\C. The minimum Gasteiger partial charge on any atom is -0.388 e. The molecule has 6 rings (SSSR count). The average Bonchev–Trinajstić information content (AvgIpc) is 3.20. The van der Waals surface area contributed by atoms with Crippen LogP contribution in [-0.4, -0.2) is 17.0 Å². The predicted molar refractivity (Wildman–Crippen MR) is 225 cm³/mol. The van der Waals surface area contributed by atoms with Crippen molar-refractivity contribution in [1.29, 1.82) is 0 Å². The molecule has 6 aromatic rings. The number of hydrogen-bond acceptors (Lipinski definition) is 3. The van der Waals surface area contributed by atoms with Gasteiger partial charge in [0, 0.05) is 29.4 Å². The molecule has 0 aliphatic carbocycles. The highest BCUT2D eigenvalue weighted by atomic mass is 14.9. The van der Waals surface area contributed by atoms with Crippen LogP contribution in [0.5, 0.6) is 0 Å². The average molecular weight is 678 g/mol. The van der Waals surface area contributed by atoms with Crippen molar-refractivity contribution in [1.82, 2.24) is 15.3 Å². The minimum absolute atomic E-state index is 0.677. The van der Waals surface area contributed by atoms with Gasteiger partial charge in [-0.25, -0.2) is 9.97 Å². The second-order valence-electron chi connectivity index (χ2n) is 12.9. The van der Waals surface area contributed by atoms with Gasteiger partial charge in [0.15, 0.2) is 5.82 Å². The maximum absolute atomic E-state index is 5.24. The van der Waals surface area contributed by atoms with Crippen LogP contribution >= 0.6 is 0 Å². The first-order chi connectivity index (χ1) is 25.5. The zero-order valence-electron chi connectivity index (χ0n) is 30.9. The third-order valence-corrected chi connectivity index (χ3v) is 9.31. The van der Waals surface area contributed by atoms with Crippen molar-refractivity contribution in [2.24, 2.45) is 0 Å². The summed E-state index contributed by atoms with van der Waals surface area (Å²) in [7, 11) is 1.99. The molecule has 0 unspecified atom stereocenters. The predicted octanol–water partition coefficient (Wildman–Crippen LogP) is 13.2. The fourth-order valence-electron chi connectivity index (χ4n) is 6.74. The molecule has 0 saturated heterocycles. The van der Waals surface area contributed by atoms with Gasteiger partial charge in [-0.2, -0.15) is 0 Å². The van der Waals surface area contributed by atoms with Crippen LogP contribution in [0.3, 0.4) is 0 Å². The number of unbranched alkanes of at least 4 members (excludes halogenated alkanes) is 1. The lowest BCUT2D eigenvalue weighted by molar-refractivity contribution is 0.949. The van der Waals surface area contributed by atoms with Crippen LogP contribution in [0.1, 0.15) is 61.4 Å². The monoisotopic (exact) mass is 677 g/mol. The normalized spacial score (nSPS) is 11.8. The summed E-state index contributed by atoms with van der Waals surface area (Å²) in [6.45, 7) is 12.7. The van der Waals surface area contributed by atoms with Crippen LogP contribution in [0.4, 0.5) is 0 Å². The molecule has 0 aliphatic rings. The van der Waals surface area contributed by atoms with Crippen molar-refractivity contribution >= 4 is 23.9 Å². The number of aromatic nitrogens is 2. The van der Waals surface area contributed by atoms with E-state index < -0.39 is 0 Å². The molecule has 1 N–H and O–H groups in total. The first-order valence-corrected chi connectivity index (χ1v) is 18.2. The summed E-state index contributed by atoms with van der Waals surface area (Å²) >= 11 is 0. The van der Waals surface area contributed by atoms with Crippen LogP contribution in [-0.2, 0) is 0 Å². The zero-order valence-corrected chi connectivity index (χ0v) is 30.9. The lowest BCUT2D eigenvalue weighted by atomic mass is 9.85. The highest BCUT2D eigenvalue weighted by Gasteiger charge is 2.18. The summed E-state index contributed by atoms with van der Waals surface area (Å²) < 4.78 is 0. The summed E-state index contributed by atoms with van der Waals surface area (Å²) in [4.78, 5) is 10.5. The minimum atomic E-state index is 0.677. The van der Waals surface area contributed by atoms with Crippen molar-refractivity contribution < 1.29 is 0 Å². The van der Waals surface area contributed by atoms with E-state index in [1.165, 1.54) is 16.7 Å². The Kier molecular flexibility index (Phi) is 11.5. The molecule has 1 aromatic heterocycles. The first-order valence-electron chi connectivity index (χ1n) is 18.2. The molecule has 0 aliphatic heterocycles. The highest BCUT2D eigenvalue weighted by molar-refractivity contribution is 5.92. The second-order valence-corrected chi connectivity index (χ2v) is 12.9. The number of rotatable bonds is 12. The number of nitrogens with zero attached hydrogens (tertiary/aromatic N) is 2. The molecule has 3 nitrogen and oxygen atoms in total. The molecular formula is C49H47N3. The van der Waals surface area contributed by atoms with E-state index in [-0.39, 0.29) is 0 Å². The Balaban J connectivity index is 1.65. The van der Waals surface area contributed by atoms with Gasteiger partial charge in [-0.05, 0) is 102 Å². The fraction of sp³-hybridized carbons (Fsp3) is 0.143. The molecule has 3 heteroatoms. The van der Waals surface area contributed by atoms with E-state index >= 15 is 0 Å². The smallest absolute Gasteiger partial charge is 0.160 e. The second kappa shape index (κ2) is 16.8. The van der Waals surface area contributed by atoms with Crippen molar-refractivity contribution in [3.05, 3.63) is 168 Å². The Morgan fingerprint density at radius 3 is 1.79 bits per heavy atom. The summed E-state index contributed by atoms with van der Waals surface area (Å²) in [5.41, 5.74) is 16.2. The molecule has 0 bridgehead atoms. The molecule has 0 atom stereocenters. The standard InChI is InChI=1S/C49H47N3/c1-7-11-24-45(50-6)39-27-25-36(26-28-39)40-30-41(48-43(18-8-2)34(5)29-35(10-4)44(48)19-9-3)32-42(31-40)49-51-46(37-20-14-12-15-21-37)33-47(52-49)38-22-16-13-17-23-38/h8-10,12-33,50H,4,7,11H2,1-3,5-6H3/b18-8-,19-9-,45-24-. The molecule has 258 valence electrons. The van der Waals surface area contributed by atoms with Crippen LogP contribution in [0, 0.1) is 6.92 Å². The lowest BCUT2D eigenvalue weighted by Gasteiger charge is -2.19. The summed E-state index contributed by atoms with van der Waals surface area (Å²) in [5.74, 6) is 0.677. The quantitative estimate of drug-likeness (QED) is 0.140. The third-order valence-electron chi connectivity index (χ3n) is 9.31. The molecule has 1 heterocycles. The van der Waals surface area contributed by atoms with Gasteiger partial charge in [0.25, 0.3) is 0 Å². The van der Waals surface area contributed by atoms with Gasteiger partial charge in [0.2, 0.25) is 0 Å². The molecule has 0 fully saturated rings. The van der Waals surface area contributed by atoms with Gasteiger partial charge in [-0.1, -0.05) is 147 Å². The zero-order chi connectivity index (χ0) is 36.5. The van der Waals surface area contributed by atoms with Gasteiger partial charge in [0.1, 0.15) is 0 Å². The van der Waals surface area contributed by atoms with Crippen LogP contribution < -0.4 is 5.32 Å². The van der Waals surface area contributed by atoms with Gasteiger partial charge < -0.3 is 5.32 Å². The van der Waals surface area contributed by atoms with Gasteiger partial charge in [-0.15, -0.1) is 0 Å². The number of aryl methyl sites for hydroxylation is 1. The summed E-state index contributed by atoms with van der Waals surface area (Å²) in [6.07, 6.45) is 15.0. The first kappa shape index (κ1) is 35.8. The summed E-state index contributed by atoms with van der Waals surface area (Å²) in [6, 6.07) is 40.7. The van der Waals surface area contributed by atoms with E-state index in [4.69, 9.17) is 9.97 Å². The Hall–Kier alpha value is -6.06. The largest absolute Gasteiger partial charge is 0.388 e. The molecule has 52 heavy (non-hydrogen) atoms. The van der Waals surface area contributed by atoms with Gasteiger partial charge in [-0.3, -0.25) is 0 Å². The third kappa shape index (κ3) is 7.80. The van der Waals surface area contributed by atoms with Crippen LogP contribution in [0.2, 0.25) is 0 Å². The maximum Gasteiger partial charge on any atom is 0.160 e. The molecule has 0 radical (unpaired) electrons. The van der Waals surface area contributed by atoms with Crippen LogP contribution in [0.15, 0.2) is 140 Å². The molecule has 0 saturated carbocycles. The molecule has 0 amide bonds. The van der Waals surface area contributed by atoms with Gasteiger partial charge in [0.05, 0.1) is 11.4 Å². The van der Waals surface area contributed by atoms with E-state index in [0.717, 1.165) is 80.0 Å². The Morgan fingerprint density at radius 2 is 1.23 bits per heavy atom. The molecule has 0 spiro atoms. The van der Waals surface area contributed by atoms with E-state index in [9.17, 15) is 0 Å². The van der Waals surface area contributed by atoms with Crippen LogP contribution in [0.25, 0.3) is 80.1 Å².